The molecule has 9 heteroatoms. The summed E-state index contributed by atoms with van der Waals surface area (Å²) in [5.74, 6) is 1.01. The number of aromatic nitrogens is 4. The summed E-state index contributed by atoms with van der Waals surface area (Å²) in [6.07, 6.45) is 6.15. The molecule has 0 aliphatic carbocycles. The number of carbonyl (C=O) groups is 1. The second kappa shape index (κ2) is 6.43. The van der Waals surface area contributed by atoms with Crippen molar-refractivity contribution < 1.29 is 4.79 Å². The Balaban J connectivity index is 1.67. The van der Waals surface area contributed by atoms with Gasteiger partial charge in [0.15, 0.2) is 0 Å². The van der Waals surface area contributed by atoms with Crippen molar-refractivity contribution in [2.24, 2.45) is 0 Å². The third-order valence-electron chi connectivity index (χ3n) is 4.42. The van der Waals surface area contributed by atoms with E-state index >= 15 is 0 Å². The molecule has 0 radical (unpaired) electrons. The van der Waals surface area contributed by atoms with Crippen LogP contribution in [0.2, 0.25) is 0 Å². The molecule has 132 valence electrons. The number of amides is 1. The zero-order valence-corrected chi connectivity index (χ0v) is 14.0. The molecule has 1 aliphatic heterocycles. The van der Waals surface area contributed by atoms with Gasteiger partial charge in [-0.15, -0.1) is 0 Å². The number of anilines is 3. The third-order valence-corrected chi connectivity index (χ3v) is 4.42. The third kappa shape index (κ3) is 2.83. The highest BCUT2D eigenvalue weighted by atomic mass is 16.2. The Kier molecular flexibility index (Phi) is 3.96. The lowest BCUT2D eigenvalue weighted by Gasteiger charge is -2.13. The van der Waals surface area contributed by atoms with Crippen LogP contribution in [-0.2, 0) is 0 Å². The van der Waals surface area contributed by atoms with Gasteiger partial charge in [0.05, 0.1) is 17.3 Å². The number of rotatable bonds is 4. The molecule has 3 aromatic heterocycles. The number of H-pyrrole nitrogens is 1. The fraction of sp³-hybridized carbons (Fsp3) is 0.235. The molecule has 0 atom stereocenters. The second-order valence-electron chi connectivity index (χ2n) is 6.13. The van der Waals surface area contributed by atoms with Crippen LogP contribution in [0.15, 0.2) is 24.7 Å². The Morgan fingerprint density at radius 3 is 2.85 bits per heavy atom. The summed E-state index contributed by atoms with van der Waals surface area (Å²) in [4.78, 5) is 30.2. The van der Waals surface area contributed by atoms with Gasteiger partial charge < -0.3 is 26.3 Å². The van der Waals surface area contributed by atoms with E-state index < -0.39 is 0 Å². The van der Waals surface area contributed by atoms with Crippen LogP contribution in [0.4, 0.5) is 17.3 Å². The highest BCUT2D eigenvalue weighted by Crippen LogP contribution is 2.25. The van der Waals surface area contributed by atoms with E-state index in [1.807, 2.05) is 4.90 Å². The number of aromatic amines is 1. The molecule has 5 N–H and O–H groups in total. The summed E-state index contributed by atoms with van der Waals surface area (Å²) >= 11 is 0. The summed E-state index contributed by atoms with van der Waals surface area (Å²) in [6, 6.07) is 3.42. The Morgan fingerprint density at radius 2 is 2.08 bits per heavy atom. The number of hydrogen-bond donors (Lipinski definition) is 4. The number of nitrogens with zero attached hydrogens (tertiary/aromatic N) is 4. The minimum Gasteiger partial charge on any atom is -0.397 e. The molecular formula is C17H18N8O. The van der Waals surface area contributed by atoms with Crippen molar-refractivity contribution in [2.75, 3.05) is 24.1 Å². The van der Waals surface area contributed by atoms with Crippen LogP contribution < -0.4 is 11.1 Å². The van der Waals surface area contributed by atoms with Gasteiger partial charge in [-0.25, -0.2) is 15.0 Å². The predicted octanol–water partition coefficient (Wildman–Crippen LogP) is 1.91. The molecule has 0 aromatic carbocycles. The first-order valence-electron chi connectivity index (χ1n) is 8.32. The fourth-order valence-corrected chi connectivity index (χ4v) is 3.04. The molecule has 4 heterocycles. The van der Waals surface area contributed by atoms with Crippen molar-refractivity contribution in [3.63, 3.8) is 0 Å². The maximum atomic E-state index is 12.6. The molecule has 0 saturated carbocycles. The number of fused-ring (bicyclic) bond motifs is 1. The molecule has 0 unspecified atom stereocenters. The number of carbonyl (C=O) groups excluding carboxylic acids is 1. The van der Waals surface area contributed by atoms with Crippen LogP contribution in [0.5, 0.6) is 0 Å². The van der Waals surface area contributed by atoms with Gasteiger partial charge in [0.2, 0.25) is 0 Å². The van der Waals surface area contributed by atoms with Gasteiger partial charge in [0, 0.05) is 24.9 Å². The summed E-state index contributed by atoms with van der Waals surface area (Å²) < 4.78 is 0. The Morgan fingerprint density at radius 1 is 1.27 bits per heavy atom. The van der Waals surface area contributed by atoms with Crippen LogP contribution in [0.25, 0.3) is 11.0 Å². The highest BCUT2D eigenvalue weighted by Gasteiger charge is 2.22. The minimum absolute atomic E-state index is 0.0249. The molecule has 26 heavy (non-hydrogen) atoms. The smallest absolute Gasteiger partial charge is 0.270 e. The molecular weight excluding hydrogens is 332 g/mol. The average Bonchev–Trinajstić information content (AvgIpc) is 3.33. The number of nitrogens with one attached hydrogen (secondary N) is 3. The molecule has 0 spiro atoms. The average molecular weight is 350 g/mol. The van der Waals surface area contributed by atoms with E-state index in [0.717, 1.165) is 25.9 Å². The van der Waals surface area contributed by atoms with E-state index in [1.54, 1.807) is 12.1 Å². The van der Waals surface area contributed by atoms with Crippen molar-refractivity contribution in [2.45, 2.75) is 12.8 Å². The van der Waals surface area contributed by atoms with Gasteiger partial charge >= 0.3 is 0 Å². The number of nitrogens with two attached hydrogens (primary N) is 1. The first kappa shape index (κ1) is 16.0. The van der Waals surface area contributed by atoms with Gasteiger partial charge in [0.25, 0.3) is 5.91 Å². The van der Waals surface area contributed by atoms with Crippen molar-refractivity contribution in [3.05, 3.63) is 35.9 Å². The quantitative estimate of drug-likeness (QED) is 0.531. The molecule has 4 rings (SSSR count). The van der Waals surface area contributed by atoms with E-state index in [4.69, 9.17) is 11.1 Å². The second-order valence-corrected chi connectivity index (χ2v) is 6.13. The molecule has 1 saturated heterocycles. The minimum atomic E-state index is -0.0249. The van der Waals surface area contributed by atoms with Gasteiger partial charge in [-0.3, -0.25) is 4.79 Å². The van der Waals surface area contributed by atoms with Gasteiger partial charge in [-0.05, 0) is 25.0 Å². The van der Waals surface area contributed by atoms with Crippen molar-refractivity contribution in [3.8, 4) is 0 Å². The molecule has 1 fully saturated rings. The number of pyridine rings is 1. The first-order chi connectivity index (χ1) is 12.7. The van der Waals surface area contributed by atoms with Crippen LogP contribution in [0, 0.1) is 5.41 Å². The Bertz CT molecular complexity index is 990. The van der Waals surface area contributed by atoms with Crippen LogP contribution >= 0.6 is 0 Å². The largest absolute Gasteiger partial charge is 0.397 e. The first-order valence-corrected chi connectivity index (χ1v) is 8.32. The molecule has 1 aliphatic rings. The maximum absolute atomic E-state index is 12.6. The van der Waals surface area contributed by atoms with Gasteiger partial charge in [-0.1, -0.05) is 0 Å². The summed E-state index contributed by atoms with van der Waals surface area (Å²) in [7, 11) is 0. The lowest BCUT2D eigenvalue weighted by molar-refractivity contribution is 0.0788. The van der Waals surface area contributed by atoms with E-state index in [-0.39, 0.29) is 5.91 Å². The number of nitrogen functional groups attached to an aromatic ring is 1. The van der Waals surface area contributed by atoms with Crippen LogP contribution in [0.3, 0.4) is 0 Å². The standard InChI is InChI=1S/C17H18N8O/c18-7-10-5-14(20-8-12(10)19)24-16-11-6-13(23-15(11)21-9-22-16)17(26)25-3-1-2-4-25/h5-9,18H,1-4,19H2,(H2,20,21,22,23,24). The molecule has 1 amide bonds. The lowest BCUT2D eigenvalue weighted by atomic mass is 10.2. The summed E-state index contributed by atoms with van der Waals surface area (Å²) in [5.41, 5.74) is 7.83. The molecule has 3 aromatic rings. The number of hydrogen-bond acceptors (Lipinski definition) is 7. The monoisotopic (exact) mass is 350 g/mol. The summed E-state index contributed by atoms with van der Waals surface area (Å²) in [5, 5.41) is 11.2. The Labute approximate surface area is 149 Å². The maximum Gasteiger partial charge on any atom is 0.270 e. The van der Waals surface area contributed by atoms with Crippen LogP contribution in [0.1, 0.15) is 28.9 Å². The van der Waals surface area contributed by atoms with E-state index in [9.17, 15) is 4.79 Å². The number of likely N-dealkylation sites (tertiary alicyclic amines) is 1. The molecule has 0 bridgehead atoms. The Hall–Kier alpha value is -3.49. The fourth-order valence-electron chi connectivity index (χ4n) is 3.04. The zero-order chi connectivity index (χ0) is 18.1. The van der Waals surface area contributed by atoms with E-state index in [2.05, 4.69) is 25.3 Å². The van der Waals surface area contributed by atoms with Crippen molar-refractivity contribution in [1.29, 1.82) is 5.41 Å². The molecule has 9 nitrogen and oxygen atoms in total. The lowest BCUT2D eigenvalue weighted by Crippen LogP contribution is -2.27. The van der Waals surface area contributed by atoms with E-state index in [1.165, 1.54) is 18.7 Å². The van der Waals surface area contributed by atoms with E-state index in [0.29, 0.717) is 39.6 Å². The van der Waals surface area contributed by atoms with Crippen LogP contribution in [-0.4, -0.2) is 50.0 Å². The van der Waals surface area contributed by atoms with Crippen molar-refractivity contribution >= 4 is 40.5 Å². The zero-order valence-electron chi connectivity index (χ0n) is 14.0. The highest BCUT2D eigenvalue weighted by molar-refractivity contribution is 6.00. The SMILES string of the molecule is N=Cc1cc(Nc2ncnc3[nH]c(C(=O)N4CCCC4)cc23)ncc1N. The normalized spacial score (nSPS) is 13.9. The van der Waals surface area contributed by atoms with Gasteiger partial charge in [-0.2, -0.15) is 0 Å². The van der Waals surface area contributed by atoms with Gasteiger partial charge in [0.1, 0.15) is 29.3 Å². The summed E-state index contributed by atoms with van der Waals surface area (Å²) in [6.45, 7) is 1.57. The topological polar surface area (TPSA) is 137 Å². The van der Waals surface area contributed by atoms with Crippen molar-refractivity contribution in [1.82, 2.24) is 24.8 Å². The predicted molar refractivity (Wildman–Crippen MR) is 98.8 cm³/mol.